The summed E-state index contributed by atoms with van der Waals surface area (Å²) in [5, 5.41) is 6.65. The molecule has 0 saturated heterocycles. The molecule has 1 unspecified atom stereocenters. The van der Waals surface area contributed by atoms with E-state index >= 15 is 0 Å². The van der Waals surface area contributed by atoms with Gasteiger partial charge in [0.1, 0.15) is 17.0 Å². The molecule has 0 aliphatic carbocycles. The van der Waals surface area contributed by atoms with Crippen LogP contribution >= 0.6 is 22.9 Å². The zero-order valence-electron chi connectivity index (χ0n) is 14.2. The zero-order valence-corrected chi connectivity index (χ0v) is 16.5. The van der Waals surface area contributed by atoms with Crippen molar-refractivity contribution in [2.75, 3.05) is 11.6 Å². The molecule has 0 saturated carbocycles. The monoisotopic (exact) mass is 405 g/mol. The second-order valence-electron chi connectivity index (χ2n) is 5.83. The Morgan fingerprint density at radius 2 is 2.12 bits per heavy atom. The predicted octanol–water partition coefficient (Wildman–Crippen LogP) is 3.99. The van der Waals surface area contributed by atoms with Crippen molar-refractivity contribution in [3.63, 3.8) is 0 Å². The van der Waals surface area contributed by atoms with E-state index in [9.17, 15) is 8.42 Å². The summed E-state index contributed by atoms with van der Waals surface area (Å²) in [5.74, 6) is 6.86. The van der Waals surface area contributed by atoms with Gasteiger partial charge in [-0.25, -0.2) is 18.4 Å². The van der Waals surface area contributed by atoms with Crippen LogP contribution in [0.25, 0.3) is 10.2 Å². The van der Waals surface area contributed by atoms with Crippen molar-refractivity contribution in [3.8, 4) is 11.8 Å². The fraction of sp³-hybridized carbons (Fsp3) is 0.222. The molecule has 2 heterocycles. The number of rotatable bonds is 4. The van der Waals surface area contributed by atoms with Gasteiger partial charge in [-0.05, 0) is 36.6 Å². The lowest BCUT2D eigenvalue weighted by atomic mass is 10.2. The van der Waals surface area contributed by atoms with Crippen molar-refractivity contribution in [2.24, 2.45) is 0 Å². The topological polar surface area (TPSA) is 72.0 Å². The van der Waals surface area contributed by atoms with Gasteiger partial charge in [0.05, 0.1) is 15.3 Å². The van der Waals surface area contributed by atoms with Crippen LogP contribution < -0.4 is 5.32 Å². The number of thiophene rings is 1. The van der Waals surface area contributed by atoms with Gasteiger partial charge >= 0.3 is 0 Å². The van der Waals surface area contributed by atoms with Gasteiger partial charge in [0, 0.05) is 24.3 Å². The molecule has 0 spiro atoms. The second-order valence-corrected chi connectivity index (χ2v) is 9.14. The number of nitrogens with one attached hydrogen (secondary N) is 1. The van der Waals surface area contributed by atoms with Gasteiger partial charge < -0.3 is 5.32 Å². The Bertz CT molecular complexity index is 1110. The third kappa shape index (κ3) is 4.33. The number of hydrogen-bond acceptors (Lipinski definition) is 6. The van der Waals surface area contributed by atoms with E-state index in [4.69, 9.17) is 11.6 Å². The van der Waals surface area contributed by atoms with E-state index in [0.29, 0.717) is 17.0 Å². The van der Waals surface area contributed by atoms with Crippen LogP contribution in [-0.4, -0.2) is 30.7 Å². The van der Waals surface area contributed by atoms with Gasteiger partial charge in [-0.15, -0.1) is 11.3 Å². The number of fused-ring (bicyclic) bond motifs is 1. The summed E-state index contributed by atoms with van der Waals surface area (Å²) in [5.41, 5.74) is 0.605. The fourth-order valence-corrected chi connectivity index (χ4v) is 3.99. The Kier molecular flexibility index (Phi) is 5.47. The third-order valence-electron chi connectivity index (χ3n) is 3.64. The summed E-state index contributed by atoms with van der Waals surface area (Å²) in [7, 11) is -3.28. The van der Waals surface area contributed by atoms with E-state index in [1.165, 1.54) is 12.1 Å². The van der Waals surface area contributed by atoms with Crippen molar-refractivity contribution in [2.45, 2.75) is 24.3 Å². The number of aromatic nitrogens is 2. The molecule has 0 amide bonds. The quantitative estimate of drug-likeness (QED) is 0.664. The number of sulfone groups is 1. The smallest absolute Gasteiger partial charge is 0.175 e. The molecule has 1 atom stereocenters. The molecule has 3 aromatic rings. The Morgan fingerprint density at radius 1 is 1.31 bits per heavy atom. The highest BCUT2D eigenvalue weighted by molar-refractivity contribution is 7.90. The minimum atomic E-state index is -3.28. The molecule has 1 N–H and O–H groups in total. The maximum Gasteiger partial charge on any atom is 0.175 e. The van der Waals surface area contributed by atoms with E-state index in [1.54, 1.807) is 23.7 Å². The summed E-state index contributed by atoms with van der Waals surface area (Å²) in [6.45, 7) is 2.02. The summed E-state index contributed by atoms with van der Waals surface area (Å²) in [4.78, 5) is 9.65. The predicted molar refractivity (Wildman–Crippen MR) is 107 cm³/mol. The minimum absolute atomic E-state index is 0.0783. The van der Waals surface area contributed by atoms with Crippen LogP contribution in [0.3, 0.4) is 0 Å². The molecule has 26 heavy (non-hydrogen) atoms. The standard InChI is InChI=1S/C18H16ClN3O2S2/c1-12(22-17-15-8-9-25-18(15)21-11-20-17)4-3-5-13-6-7-14(10-16(13)19)26(2,23)24/h6-12H,4H2,1-2H3,(H,20,21,22). The Hall–Kier alpha value is -2.14. The molecule has 0 aliphatic heterocycles. The molecular formula is C18H16ClN3O2S2. The lowest BCUT2D eigenvalue weighted by Gasteiger charge is -2.11. The van der Waals surface area contributed by atoms with E-state index < -0.39 is 9.84 Å². The van der Waals surface area contributed by atoms with Gasteiger partial charge in [-0.2, -0.15) is 0 Å². The van der Waals surface area contributed by atoms with E-state index in [-0.39, 0.29) is 10.9 Å². The first-order valence-electron chi connectivity index (χ1n) is 7.78. The molecule has 1 aromatic carbocycles. The first-order chi connectivity index (χ1) is 12.3. The zero-order chi connectivity index (χ0) is 18.7. The second kappa shape index (κ2) is 7.62. The minimum Gasteiger partial charge on any atom is -0.366 e. The fourth-order valence-electron chi connectivity index (χ4n) is 2.32. The first-order valence-corrected chi connectivity index (χ1v) is 10.9. The lowest BCUT2D eigenvalue weighted by molar-refractivity contribution is 0.602. The van der Waals surface area contributed by atoms with Crippen LogP contribution in [0.4, 0.5) is 5.82 Å². The van der Waals surface area contributed by atoms with Gasteiger partial charge in [0.25, 0.3) is 0 Å². The molecule has 2 aromatic heterocycles. The molecule has 5 nitrogen and oxygen atoms in total. The van der Waals surface area contributed by atoms with Crippen LogP contribution in [0.15, 0.2) is 40.9 Å². The summed E-state index contributed by atoms with van der Waals surface area (Å²) in [6.07, 6.45) is 3.28. The largest absolute Gasteiger partial charge is 0.366 e. The van der Waals surface area contributed by atoms with Crippen molar-refractivity contribution >= 4 is 48.8 Å². The Balaban J connectivity index is 1.69. The van der Waals surface area contributed by atoms with Crippen LogP contribution in [0, 0.1) is 11.8 Å². The van der Waals surface area contributed by atoms with Crippen molar-refractivity contribution in [3.05, 3.63) is 46.6 Å². The molecule has 0 radical (unpaired) electrons. The maximum absolute atomic E-state index is 11.5. The first kappa shape index (κ1) is 18.6. The van der Waals surface area contributed by atoms with Crippen LogP contribution in [-0.2, 0) is 9.84 Å². The highest BCUT2D eigenvalue weighted by Crippen LogP contribution is 2.24. The number of hydrogen-bond donors (Lipinski definition) is 1. The van der Waals surface area contributed by atoms with Gasteiger partial charge in [-0.3, -0.25) is 0 Å². The SMILES string of the molecule is CC(CC#Cc1ccc(S(C)(=O)=O)cc1Cl)Nc1ncnc2sccc12. The van der Waals surface area contributed by atoms with Gasteiger partial charge in [-0.1, -0.05) is 23.4 Å². The molecule has 0 bridgehead atoms. The van der Waals surface area contributed by atoms with Gasteiger partial charge in [0.2, 0.25) is 0 Å². The number of halogens is 1. The van der Waals surface area contributed by atoms with E-state index in [0.717, 1.165) is 22.3 Å². The van der Waals surface area contributed by atoms with Crippen LogP contribution in [0.5, 0.6) is 0 Å². The average molecular weight is 406 g/mol. The molecular weight excluding hydrogens is 390 g/mol. The lowest BCUT2D eigenvalue weighted by Crippen LogP contribution is -2.15. The molecule has 3 rings (SSSR count). The summed E-state index contributed by atoms with van der Waals surface area (Å²) >= 11 is 7.71. The van der Waals surface area contributed by atoms with E-state index in [2.05, 4.69) is 27.1 Å². The number of nitrogens with zero attached hydrogens (tertiary/aromatic N) is 2. The van der Waals surface area contributed by atoms with Crippen molar-refractivity contribution in [1.82, 2.24) is 9.97 Å². The maximum atomic E-state index is 11.5. The molecule has 0 aliphatic rings. The normalized spacial score (nSPS) is 12.4. The van der Waals surface area contributed by atoms with E-state index in [1.807, 2.05) is 18.4 Å². The Morgan fingerprint density at radius 3 is 2.85 bits per heavy atom. The van der Waals surface area contributed by atoms with Crippen LogP contribution in [0.2, 0.25) is 5.02 Å². The molecule has 8 heteroatoms. The summed E-state index contributed by atoms with van der Waals surface area (Å²) < 4.78 is 23.1. The third-order valence-corrected chi connectivity index (χ3v) is 5.89. The molecule has 0 fully saturated rings. The number of anilines is 1. The highest BCUT2D eigenvalue weighted by Gasteiger charge is 2.09. The van der Waals surface area contributed by atoms with Crippen molar-refractivity contribution in [1.29, 1.82) is 0 Å². The average Bonchev–Trinajstić information content (AvgIpc) is 3.05. The highest BCUT2D eigenvalue weighted by atomic mass is 35.5. The van der Waals surface area contributed by atoms with Gasteiger partial charge in [0.15, 0.2) is 9.84 Å². The van der Waals surface area contributed by atoms with Crippen LogP contribution in [0.1, 0.15) is 18.9 Å². The van der Waals surface area contributed by atoms with Crippen molar-refractivity contribution < 1.29 is 8.42 Å². The molecule has 134 valence electrons. The number of benzene rings is 1. The summed E-state index contributed by atoms with van der Waals surface area (Å²) in [6, 6.07) is 6.64. The Labute approximate surface area is 161 Å².